The molecule has 0 aliphatic heterocycles. The molecule has 112 valence electrons. The Morgan fingerprint density at radius 3 is 2.45 bits per heavy atom. The number of rotatable bonds is 5. The average Bonchev–Trinajstić information content (AvgIpc) is 2.42. The van der Waals surface area contributed by atoms with E-state index in [0.29, 0.717) is 13.1 Å². The Kier molecular flexibility index (Phi) is 5.38. The number of benzene rings is 1. The van der Waals surface area contributed by atoms with E-state index in [0.717, 1.165) is 24.6 Å². The second-order valence-electron chi connectivity index (χ2n) is 4.29. The van der Waals surface area contributed by atoms with E-state index >= 15 is 0 Å². The number of nitrogens with zero attached hydrogens (tertiary/aromatic N) is 1. The number of hydrogen-bond acceptors (Lipinski definition) is 3. The molecule has 0 radical (unpaired) electrons. The molecule has 0 aliphatic rings. The third-order valence-electron chi connectivity index (χ3n) is 2.90. The van der Waals surface area contributed by atoms with Gasteiger partial charge >= 0.3 is 6.18 Å². The summed E-state index contributed by atoms with van der Waals surface area (Å²) in [5.41, 5.74) is 1.50. The third kappa shape index (κ3) is 3.63. The lowest BCUT2D eigenvalue weighted by Gasteiger charge is -2.22. The third-order valence-corrected chi connectivity index (χ3v) is 2.90. The van der Waals surface area contributed by atoms with Crippen molar-refractivity contribution in [1.82, 2.24) is 4.90 Å². The van der Waals surface area contributed by atoms with Crippen molar-refractivity contribution in [3.05, 3.63) is 29.3 Å². The number of halogens is 3. The van der Waals surface area contributed by atoms with Gasteiger partial charge in [-0.3, -0.25) is 10.6 Å². The van der Waals surface area contributed by atoms with Gasteiger partial charge in [0.1, 0.15) is 0 Å². The molecule has 4 nitrogen and oxygen atoms in total. The lowest BCUT2D eigenvalue weighted by Crippen LogP contribution is -2.32. The molecule has 7 heteroatoms. The fourth-order valence-electron chi connectivity index (χ4n) is 1.87. The van der Waals surface area contributed by atoms with Crippen molar-refractivity contribution in [2.24, 2.45) is 5.84 Å². The monoisotopic (exact) mass is 289 g/mol. The lowest BCUT2D eigenvalue weighted by atomic mass is 10.1. The van der Waals surface area contributed by atoms with E-state index in [4.69, 9.17) is 5.84 Å². The predicted molar refractivity (Wildman–Crippen MR) is 71.1 cm³/mol. The molecule has 0 heterocycles. The van der Waals surface area contributed by atoms with Gasteiger partial charge in [0.05, 0.1) is 16.8 Å². The maximum absolute atomic E-state index is 12.7. The number of carbonyl (C=O) groups is 1. The molecule has 1 rings (SSSR count). The standard InChI is InChI=1S/C13H18F3N3O/c1-3-7-19(4-2)12(20)10-8-9(13(14,15)16)5-6-11(10)18-17/h5-6,8,18H,3-4,7,17H2,1-2H3. The Morgan fingerprint density at radius 2 is 2.00 bits per heavy atom. The highest BCUT2D eigenvalue weighted by Crippen LogP contribution is 2.32. The quantitative estimate of drug-likeness (QED) is 0.647. The van der Waals surface area contributed by atoms with Crippen LogP contribution in [0.1, 0.15) is 36.2 Å². The van der Waals surface area contributed by atoms with Gasteiger partial charge in [-0.2, -0.15) is 13.2 Å². The maximum atomic E-state index is 12.7. The Hall–Kier alpha value is -1.76. The number of hydrogen-bond donors (Lipinski definition) is 2. The molecule has 1 amide bonds. The van der Waals surface area contributed by atoms with E-state index in [2.05, 4.69) is 5.43 Å². The zero-order valence-corrected chi connectivity index (χ0v) is 11.4. The molecule has 0 aromatic heterocycles. The number of nitrogen functional groups attached to an aromatic ring is 1. The zero-order valence-electron chi connectivity index (χ0n) is 11.4. The van der Waals surface area contributed by atoms with Crippen LogP contribution < -0.4 is 11.3 Å². The molecule has 1 aromatic rings. The summed E-state index contributed by atoms with van der Waals surface area (Å²) in [6.45, 7) is 4.57. The molecule has 0 aliphatic carbocycles. The number of carbonyl (C=O) groups excluding carboxylic acids is 1. The zero-order chi connectivity index (χ0) is 15.3. The van der Waals surface area contributed by atoms with Gasteiger partial charge in [0.2, 0.25) is 0 Å². The van der Waals surface area contributed by atoms with Gasteiger partial charge < -0.3 is 10.3 Å². The second kappa shape index (κ2) is 6.60. The Morgan fingerprint density at radius 1 is 1.35 bits per heavy atom. The highest BCUT2D eigenvalue weighted by molar-refractivity contribution is 5.99. The highest BCUT2D eigenvalue weighted by Gasteiger charge is 2.32. The van der Waals surface area contributed by atoms with Gasteiger partial charge in [0.25, 0.3) is 5.91 Å². The van der Waals surface area contributed by atoms with Gasteiger partial charge in [0, 0.05) is 13.1 Å². The summed E-state index contributed by atoms with van der Waals surface area (Å²) in [6, 6.07) is 2.88. The van der Waals surface area contributed by atoms with E-state index in [1.807, 2.05) is 6.92 Å². The molecule has 0 saturated heterocycles. The molecule has 0 spiro atoms. The van der Waals surface area contributed by atoms with Crippen molar-refractivity contribution in [1.29, 1.82) is 0 Å². The van der Waals surface area contributed by atoms with Crippen LogP contribution in [-0.2, 0) is 6.18 Å². The first-order valence-electron chi connectivity index (χ1n) is 6.32. The summed E-state index contributed by atoms with van der Waals surface area (Å²) in [4.78, 5) is 13.8. The van der Waals surface area contributed by atoms with E-state index in [1.165, 1.54) is 4.90 Å². The number of alkyl halides is 3. The first kappa shape index (κ1) is 16.3. The molecule has 1 aromatic carbocycles. The average molecular weight is 289 g/mol. The normalized spacial score (nSPS) is 11.3. The summed E-state index contributed by atoms with van der Waals surface area (Å²) in [7, 11) is 0. The summed E-state index contributed by atoms with van der Waals surface area (Å²) in [6.07, 6.45) is -3.77. The van der Waals surface area contributed by atoms with Crippen molar-refractivity contribution in [2.45, 2.75) is 26.4 Å². The van der Waals surface area contributed by atoms with Crippen molar-refractivity contribution in [3.8, 4) is 0 Å². The fourth-order valence-corrected chi connectivity index (χ4v) is 1.87. The van der Waals surface area contributed by atoms with E-state index < -0.39 is 17.6 Å². The largest absolute Gasteiger partial charge is 0.416 e. The predicted octanol–water partition coefficient (Wildman–Crippen LogP) is 2.86. The number of nitrogens with two attached hydrogens (primary N) is 1. The smallest absolute Gasteiger partial charge is 0.339 e. The SMILES string of the molecule is CCCN(CC)C(=O)c1cc(C(F)(F)F)ccc1NN. The van der Waals surface area contributed by atoms with Crippen LogP contribution in [0.15, 0.2) is 18.2 Å². The molecular weight excluding hydrogens is 271 g/mol. The molecule has 3 N–H and O–H groups in total. The minimum Gasteiger partial charge on any atom is -0.339 e. The van der Waals surface area contributed by atoms with Crippen LogP contribution in [0.3, 0.4) is 0 Å². The fraction of sp³-hybridized carbons (Fsp3) is 0.462. The van der Waals surface area contributed by atoms with E-state index in [9.17, 15) is 18.0 Å². The van der Waals surface area contributed by atoms with Crippen LogP contribution >= 0.6 is 0 Å². The molecule has 0 saturated carbocycles. The molecule has 0 bridgehead atoms. The molecule has 0 unspecified atom stereocenters. The van der Waals surface area contributed by atoms with Crippen molar-refractivity contribution < 1.29 is 18.0 Å². The lowest BCUT2D eigenvalue weighted by molar-refractivity contribution is -0.137. The van der Waals surface area contributed by atoms with Gasteiger partial charge in [-0.05, 0) is 31.5 Å². The van der Waals surface area contributed by atoms with Gasteiger partial charge in [-0.15, -0.1) is 0 Å². The van der Waals surface area contributed by atoms with E-state index in [-0.39, 0.29) is 11.3 Å². The Bertz CT molecular complexity index is 474. The number of anilines is 1. The van der Waals surface area contributed by atoms with Crippen molar-refractivity contribution in [3.63, 3.8) is 0 Å². The van der Waals surface area contributed by atoms with Gasteiger partial charge in [0.15, 0.2) is 0 Å². The van der Waals surface area contributed by atoms with Crippen LogP contribution in [0.2, 0.25) is 0 Å². The molecule has 0 atom stereocenters. The van der Waals surface area contributed by atoms with Crippen LogP contribution in [0.25, 0.3) is 0 Å². The van der Waals surface area contributed by atoms with Crippen LogP contribution in [0.4, 0.5) is 18.9 Å². The summed E-state index contributed by atoms with van der Waals surface area (Å²) >= 11 is 0. The maximum Gasteiger partial charge on any atom is 0.416 e. The van der Waals surface area contributed by atoms with Gasteiger partial charge in [-0.25, -0.2) is 0 Å². The number of amides is 1. The molecule has 0 fully saturated rings. The summed E-state index contributed by atoms with van der Waals surface area (Å²) in [5.74, 6) is 4.80. The van der Waals surface area contributed by atoms with Gasteiger partial charge in [-0.1, -0.05) is 6.92 Å². The first-order valence-corrected chi connectivity index (χ1v) is 6.32. The van der Waals surface area contributed by atoms with Crippen molar-refractivity contribution in [2.75, 3.05) is 18.5 Å². The first-order chi connectivity index (χ1) is 9.35. The van der Waals surface area contributed by atoms with Crippen molar-refractivity contribution >= 4 is 11.6 Å². The number of hydrazine groups is 1. The Labute approximate surface area is 115 Å². The highest BCUT2D eigenvalue weighted by atomic mass is 19.4. The van der Waals surface area contributed by atoms with Crippen LogP contribution in [-0.4, -0.2) is 23.9 Å². The second-order valence-corrected chi connectivity index (χ2v) is 4.29. The number of nitrogens with one attached hydrogen (secondary N) is 1. The van der Waals surface area contributed by atoms with Crippen LogP contribution in [0.5, 0.6) is 0 Å². The Balaban J connectivity index is 3.23. The topological polar surface area (TPSA) is 58.4 Å². The molecular formula is C13H18F3N3O. The summed E-state index contributed by atoms with van der Waals surface area (Å²) in [5, 5.41) is 0. The van der Waals surface area contributed by atoms with E-state index in [1.54, 1.807) is 6.92 Å². The minimum atomic E-state index is -4.50. The summed E-state index contributed by atoms with van der Waals surface area (Å²) < 4.78 is 38.2. The van der Waals surface area contributed by atoms with Crippen LogP contribution in [0, 0.1) is 0 Å². The minimum absolute atomic E-state index is 0.0716. The molecule has 20 heavy (non-hydrogen) atoms.